The van der Waals surface area contributed by atoms with Crippen LogP contribution in [0.15, 0.2) is 47.2 Å². The Morgan fingerprint density at radius 1 is 1.26 bits per heavy atom. The molecule has 1 aliphatic carbocycles. The van der Waals surface area contributed by atoms with E-state index in [1.165, 1.54) is 12.5 Å². The standard InChI is InChI=1S/C26H27FN6O4S/c1-14-4-5-16(24-30-26(37-31-24)19-10-21(19)27)8-22(14)29-25(34)20-11-28-33-7-6-18(9-23(20)33)32-12-17(15(32)2)13-38(3,35)36/h4-9,11,15,17,19,21H,10,12-13H2,1-3H3,(H,29,34)/t15-,17+,19+,21+/m1/s1. The minimum atomic E-state index is -3.04. The van der Waals surface area contributed by atoms with Gasteiger partial charge in [0.1, 0.15) is 16.0 Å². The summed E-state index contributed by atoms with van der Waals surface area (Å²) >= 11 is 0. The van der Waals surface area contributed by atoms with Crippen LogP contribution in [-0.2, 0) is 9.84 Å². The van der Waals surface area contributed by atoms with Crippen molar-refractivity contribution in [2.75, 3.05) is 28.8 Å². The van der Waals surface area contributed by atoms with Crippen LogP contribution in [0.1, 0.15) is 41.1 Å². The van der Waals surface area contributed by atoms with Crippen LogP contribution >= 0.6 is 0 Å². The Hall–Kier alpha value is -3.80. The van der Waals surface area contributed by atoms with Gasteiger partial charge >= 0.3 is 0 Å². The number of pyridine rings is 1. The summed E-state index contributed by atoms with van der Waals surface area (Å²) in [5.74, 6) is 0.214. The normalized spacial score (nSPS) is 22.9. The molecule has 4 heterocycles. The molecular formula is C26H27FN6O4S. The zero-order valence-electron chi connectivity index (χ0n) is 21.1. The second-order valence-corrected chi connectivity index (χ2v) is 12.5. The monoisotopic (exact) mass is 538 g/mol. The lowest BCUT2D eigenvalue weighted by molar-refractivity contribution is 0.102. The number of nitrogens with one attached hydrogen (secondary N) is 1. The average molecular weight is 539 g/mol. The first-order chi connectivity index (χ1) is 18.1. The number of fused-ring (bicyclic) bond motifs is 1. The molecular weight excluding hydrogens is 511 g/mol. The topological polar surface area (TPSA) is 123 Å². The molecule has 4 atom stereocenters. The highest BCUT2D eigenvalue weighted by molar-refractivity contribution is 7.90. The number of carbonyl (C=O) groups excluding carboxylic acids is 1. The van der Waals surface area contributed by atoms with Crippen molar-refractivity contribution in [3.05, 3.63) is 59.7 Å². The van der Waals surface area contributed by atoms with Crippen molar-refractivity contribution in [2.45, 2.75) is 38.4 Å². The zero-order valence-corrected chi connectivity index (χ0v) is 21.9. The number of rotatable bonds is 7. The molecule has 0 spiro atoms. The molecule has 4 aromatic rings. The summed E-state index contributed by atoms with van der Waals surface area (Å²) in [6.07, 6.45) is 4.04. The molecule has 1 saturated heterocycles. The third-order valence-electron chi connectivity index (χ3n) is 7.42. The maximum atomic E-state index is 13.4. The minimum Gasteiger partial charge on any atom is -0.368 e. The maximum Gasteiger partial charge on any atom is 0.259 e. The lowest BCUT2D eigenvalue weighted by Crippen LogP contribution is -2.57. The quantitative estimate of drug-likeness (QED) is 0.378. The summed E-state index contributed by atoms with van der Waals surface area (Å²) in [5, 5.41) is 11.3. The molecule has 1 aromatic carbocycles. The largest absolute Gasteiger partial charge is 0.368 e. The van der Waals surface area contributed by atoms with Gasteiger partial charge in [-0.3, -0.25) is 4.79 Å². The number of sulfone groups is 1. The number of aromatic nitrogens is 4. The molecule has 1 N–H and O–H groups in total. The Kier molecular flexibility index (Phi) is 5.74. The van der Waals surface area contributed by atoms with Gasteiger partial charge in [-0.15, -0.1) is 0 Å². The third-order valence-corrected chi connectivity index (χ3v) is 8.45. The van der Waals surface area contributed by atoms with Gasteiger partial charge in [-0.05, 0) is 44.0 Å². The van der Waals surface area contributed by atoms with Crippen LogP contribution in [0.5, 0.6) is 0 Å². The van der Waals surface area contributed by atoms with Crippen LogP contribution in [0.4, 0.5) is 15.8 Å². The number of anilines is 2. The van der Waals surface area contributed by atoms with E-state index in [2.05, 4.69) is 25.5 Å². The number of aryl methyl sites for hydroxylation is 1. The first kappa shape index (κ1) is 24.5. The van der Waals surface area contributed by atoms with E-state index in [0.29, 0.717) is 47.0 Å². The number of hydrogen-bond donors (Lipinski definition) is 1. The van der Waals surface area contributed by atoms with Gasteiger partial charge in [-0.2, -0.15) is 10.1 Å². The molecule has 10 nitrogen and oxygen atoms in total. The predicted molar refractivity (Wildman–Crippen MR) is 140 cm³/mol. The maximum absolute atomic E-state index is 13.4. The second-order valence-electron chi connectivity index (χ2n) is 10.3. The van der Waals surface area contributed by atoms with E-state index in [1.807, 2.05) is 38.1 Å². The van der Waals surface area contributed by atoms with E-state index in [9.17, 15) is 17.6 Å². The Labute approximate surface area is 218 Å². The highest BCUT2D eigenvalue weighted by Gasteiger charge is 2.43. The Morgan fingerprint density at radius 2 is 2.05 bits per heavy atom. The molecule has 0 radical (unpaired) electrons. The van der Waals surface area contributed by atoms with Crippen molar-refractivity contribution in [1.82, 2.24) is 19.8 Å². The van der Waals surface area contributed by atoms with Gasteiger partial charge in [0.25, 0.3) is 5.91 Å². The Morgan fingerprint density at radius 3 is 2.76 bits per heavy atom. The van der Waals surface area contributed by atoms with Gasteiger partial charge in [0.15, 0.2) is 0 Å². The van der Waals surface area contributed by atoms with Gasteiger partial charge < -0.3 is 14.7 Å². The van der Waals surface area contributed by atoms with Gasteiger partial charge in [-0.1, -0.05) is 17.3 Å². The number of alkyl halides is 1. The van der Waals surface area contributed by atoms with Crippen LogP contribution < -0.4 is 10.2 Å². The van der Waals surface area contributed by atoms with Gasteiger partial charge in [0.05, 0.1) is 28.9 Å². The van der Waals surface area contributed by atoms with Crippen LogP contribution in [0.25, 0.3) is 16.9 Å². The number of nitrogens with zero attached hydrogens (tertiary/aromatic N) is 5. The van der Waals surface area contributed by atoms with E-state index in [-0.39, 0.29) is 29.5 Å². The van der Waals surface area contributed by atoms with Crippen LogP contribution in [-0.4, -0.2) is 64.8 Å². The van der Waals surface area contributed by atoms with Crippen LogP contribution in [0.2, 0.25) is 0 Å². The summed E-state index contributed by atoms with van der Waals surface area (Å²) in [6.45, 7) is 4.53. The smallest absolute Gasteiger partial charge is 0.259 e. The summed E-state index contributed by atoms with van der Waals surface area (Å²) in [6, 6.07) is 9.32. The molecule has 0 bridgehead atoms. The number of hydrogen-bond acceptors (Lipinski definition) is 8. The molecule has 2 aliphatic rings. The van der Waals surface area contributed by atoms with E-state index in [1.54, 1.807) is 16.8 Å². The van der Waals surface area contributed by atoms with E-state index in [4.69, 9.17) is 4.52 Å². The minimum absolute atomic E-state index is 0.0686. The summed E-state index contributed by atoms with van der Waals surface area (Å²) < 4.78 is 43.6. The zero-order chi connectivity index (χ0) is 26.8. The molecule has 0 unspecified atom stereocenters. The second kappa shape index (κ2) is 8.90. The molecule has 6 rings (SSSR count). The molecule has 1 aliphatic heterocycles. The average Bonchev–Trinajstić information content (AvgIpc) is 3.24. The van der Waals surface area contributed by atoms with Crippen molar-refractivity contribution in [3.63, 3.8) is 0 Å². The van der Waals surface area contributed by atoms with Crippen LogP contribution in [0, 0.1) is 12.8 Å². The first-order valence-corrected chi connectivity index (χ1v) is 14.5. The van der Waals surface area contributed by atoms with Crippen molar-refractivity contribution >= 4 is 32.6 Å². The summed E-state index contributed by atoms with van der Waals surface area (Å²) in [4.78, 5) is 19.8. The fourth-order valence-corrected chi connectivity index (χ4v) is 6.10. The van der Waals surface area contributed by atoms with E-state index in [0.717, 1.165) is 11.3 Å². The van der Waals surface area contributed by atoms with E-state index < -0.39 is 16.0 Å². The van der Waals surface area contributed by atoms with Crippen molar-refractivity contribution in [1.29, 1.82) is 0 Å². The predicted octanol–water partition coefficient (Wildman–Crippen LogP) is 3.64. The molecule has 1 saturated carbocycles. The highest BCUT2D eigenvalue weighted by atomic mass is 32.2. The Bertz CT molecular complexity index is 1670. The number of benzene rings is 1. The summed E-state index contributed by atoms with van der Waals surface area (Å²) in [5.41, 5.74) is 4.03. The van der Waals surface area contributed by atoms with Crippen molar-refractivity contribution in [3.8, 4) is 11.4 Å². The Balaban J connectivity index is 1.22. The van der Waals surface area contributed by atoms with Gasteiger partial charge in [0, 0.05) is 47.9 Å². The number of amides is 1. The van der Waals surface area contributed by atoms with Gasteiger partial charge in [-0.25, -0.2) is 17.3 Å². The molecule has 198 valence electrons. The highest BCUT2D eigenvalue weighted by Crippen LogP contribution is 2.43. The molecule has 2 fully saturated rings. The molecule has 1 amide bonds. The van der Waals surface area contributed by atoms with Crippen LogP contribution in [0.3, 0.4) is 0 Å². The lowest BCUT2D eigenvalue weighted by atomic mass is 9.91. The first-order valence-electron chi connectivity index (χ1n) is 12.4. The molecule has 3 aromatic heterocycles. The summed E-state index contributed by atoms with van der Waals surface area (Å²) in [7, 11) is -3.04. The van der Waals surface area contributed by atoms with E-state index >= 15 is 0 Å². The molecule has 12 heteroatoms. The number of halogens is 1. The third kappa shape index (κ3) is 4.53. The fourth-order valence-electron chi connectivity index (χ4n) is 4.94. The molecule has 38 heavy (non-hydrogen) atoms. The van der Waals surface area contributed by atoms with Crippen molar-refractivity contribution < 1.29 is 22.1 Å². The number of carbonyl (C=O) groups is 1. The fraction of sp³-hybridized carbons (Fsp3) is 0.385. The van der Waals surface area contributed by atoms with Gasteiger partial charge in [0.2, 0.25) is 11.7 Å². The SMILES string of the molecule is Cc1ccc(-c2noc([C@H]3C[C@@H]3F)n2)cc1NC(=O)c1cnn2ccc(N3C[C@@H](CS(C)(=O)=O)[C@H]3C)cc12. The lowest BCUT2D eigenvalue weighted by Gasteiger charge is -2.48. The van der Waals surface area contributed by atoms with Crippen molar-refractivity contribution in [2.24, 2.45) is 5.92 Å².